The maximum Gasteiger partial charge on any atom is 0.0701 e. The maximum absolute atomic E-state index is 8.86. The molecule has 0 fully saturated rings. The minimum Gasteiger partial charge on any atom is -0.396 e. The fourth-order valence-electron chi connectivity index (χ4n) is 1.77. The standard InChI is InChI=1S/C18H25NOS/c1-5-7-18(19-15(4)14(3)6-2)16-8-10-17(11-9-16)21-13-12-20/h5,7-11,20H,6,12-13H2,1-4H3/b7-5-,15-14-,19-18+. The first-order valence-electron chi connectivity index (χ1n) is 7.34. The predicted molar refractivity (Wildman–Crippen MR) is 94.3 cm³/mol. The molecule has 0 amide bonds. The summed E-state index contributed by atoms with van der Waals surface area (Å²) in [6.45, 7) is 8.55. The van der Waals surface area contributed by atoms with Gasteiger partial charge >= 0.3 is 0 Å². The highest BCUT2D eigenvalue weighted by molar-refractivity contribution is 7.99. The van der Waals surface area contributed by atoms with Crippen LogP contribution >= 0.6 is 11.8 Å². The average Bonchev–Trinajstić information content (AvgIpc) is 2.52. The van der Waals surface area contributed by atoms with Crippen molar-refractivity contribution in [3.63, 3.8) is 0 Å². The van der Waals surface area contributed by atoms with Crippen LogP contribution in [-0.4, -0.2) is 23.2 Å². The molecule has 0 spiro atoms. The first-order valence-corrected chi connectivity index (χ1v) is 8.32. The summed E-state index contributed by atoms with van der Waals surface area (Å²) < 4.78 is 0. The fourth-order valence-corrected chi connectivity index (χ4v) is 2.43. The van der Waals surface area contributed by atoms with Gasteiger partial charge in [-0.05, 0) is 45.4 Å². The maximum atomic E-state index is 8.86. The number of hydrogen-bond acceptors (Lipinski definition) is 3. The molecule has 0 radical (unpaired) electrons. The van der Waals surface area contributed by atoms with Gasteiger partial charge in [-0.1, -0.05) is 30.7 Å². The first-order chi connectivity index (χ1) is 10.1. The molecule has 0 aliphatic carbocycles. The molecule has 2 nitrogen and oxygen atoms in total. The third-order valence-electron chi connectivity index (χ3n) is 3.27. The van der Waals surface area contributed by atoms with Gasteiger partial charge in [0.05, 0.1) is 12.3 Å². The van der Waals surface area contributed by atoms with Crippen LogP contribution < -0.4 is 0 Å². The van der Waals surface area contributed by atoms with Crippen molar-refractivity contribution in [3.8, 4) is 0 Å². The summed E-state index contributed by atoms with van der Waals surface area (Å²) in [5, 5.41) is 8.86. The van der Waals surface area contributed by atoms with Crippen LogP contribution in [-0.2, 0) is 0 Å². The molecule has 3 heteroatoms. The van der Waals surface area contributed by atoms with E-state index in [1.807, 2.05) is 19.1 Å². The molecule has 1 aromatic carbocycles. The van der Waals surface area contributed by atoms with E-state index in [1.165, 1.54) is 10.5 Å². The molecule has 114 valence electrons. The minimum atomic E-state index is 0.206. The van der Waals surface area contributed by atoms with Crippen LogP contribution in [0.2, 0.25) is 0 Å². The minimum absolute atomic E-state index is 0.206. The summed E-state index contributed by atoms with van der Waals surface area (Å²) in [5.74, 6) is 0.729. The van der Waals surface area contributed by atoms with Gasteiger partial charge in [-0.25, -0.2) is 0 Å². The normalized spacial score (nSPS) is 13.7. The third-order valence-corrected chi connectivity index (χ3v) is 4.26. The molecular formula is C18H25NOS. The van der Waals surface area contributed by atoms with E-state index in [0.717, 1.165) is 29.1 Å². The van der Waals surface area contributed by atoms with E-state index >= 15 is 0 Å². The molecule has 0 aromatic heterocycles. The molecule has 0 atom stereocenters. The molecule has 1 rings (SSSR count). The zero-order valence-electron chi connectivity index (χ0n) is 13.4. The zero-order chi connectivity index (χ0) is 15.7. The van der Waals surface area contributed by atoms with Crippen LogP contribution in [0.25, 0.3) is 0 Å². The number of hydrogen-bond donors (Lipinski definition) is 1. The quantitative estimate of drug-likeness (QED) is 0.577. The lowest BCUT2D eigenvalue weighted by molar-refractivity contribution is 0.322. The Labute approximate surface area is 132 Å². The molecule has 1 N–H and O–H groups in total. The van der Waals surface area contributed by atoms with Crippen molar-refractivity contribution in [3.05, 3.63) is 53.3 Å². The average molecular weight is 303 g/mol. The Morgan fingerprint density at radius 2 is 1.90 bits per heavy atom. The van der Waals surface area contributed by atoms with Crippen molar-refractivity contribution in [2.45, 2.75) is 39.0 Å². The number of nitrogens with zero attached hydrogens (tertiary/aromatic N) is 1. The van der Waals surface area contributed by atoms with Gasteiger partial charge < -0.3 is 5.11 Å². The van der Waals surface area contributed by atoms with Crippen LogP contribution in [0.15, 0.2) is 57.6 Å². The second-order valence-electron chi connectivity index (χ2n) is 4.81. The SMILES string of the molecule is C\C=C/C(=N\C(C)=C(\C)CC)c1ccc(SCCO)cc1. The van der Waals surface area contributed by atoms with Crippen molar-refractivity contribution >= 4 is 17.5 Å². The number of allylic oxidation sites excluding steroid dienone is 4. The van der Waals surface area contributed by atoms with Gasteiger partial charge in [-0.2, -0.15) is 0 Å². The topological polar surface area (TPSA) is 32.6 Å². The lowest BCUT2D eigenvalue weighted by Crippen LogP contribution is -1.98. The van der Waals surface area contributed by atoms with Crippen molar-refractivity contribution in [1.29, 1.82) is 0 Å². The van der Waals surface area contributed by atoms with Crippen LogP contribution in [0.1, 0.15) is 39.7 Å². The van der Waals surface area contributed by atoms with Crippen LogP contribution in [0.3, 0.4) is 0 Å². The number of aliphatic imine (C=N–C) groups is 1. The molecule has 0 bridgehead atoms. The van der Waals surface area contributed by atoms with Crippen molar-refractivity contribution in [2.75, 3.05) is 12.4 Å². The summed E-state index contributed by atoms with van der Waals surface area (Å²) >= 11 is 1.66. The van der Waals surface area contributed by atoms with Gasteiger partial charge in [0.15, 0.2) is 0 Å². The van der Waals surface area contributed by atoms with Crippen LogP contribution in [0.5, 0.6) is 0 Å². The van der Waals surface area contributed by atoms with E-state index in [0.29, 0.717) is 0 Å². The number of aliphatic hydroxyl groups excluding tert-OH is 1. The van der Waals surface area contributed by atoms with Gasteiger partial charge in [0.2, 0.25) is 0 Å². The molecule has 0 saturated heterocycles. The highest BCUT2D eigenvalue weighted by atomic mass is 32.2. The number of rotatable bonds is 7. The number of thioether (sulfide) groups is 1. The van der Waals surface area contributed by atoms with Crippen molar-refractivity contribution in [1.82, 2.24) is 0 Å². The Morgan fingerprint density at radius 3 is 2.43 bits per heavy atom. The van der Waals surface area contributed by atoms with E-state index in [9.17, 15) is 0 Å². The molecule has 0 heterocycles. The summed E-state index contributed by atoms with van der Waals surface area (Å²) in [6.07, 6.45) is 5.08. The molecule has 0 saturated carbocycles. The summed E-state index contributed by atoms with van der Waals surface area (Å²) in [7, 11) is 0. The highest BCUT2D eigenvalue weighted by Gasteiger charge is 2.02. The lowest BCUT2D eigenvalue weighted by atomic mass is 10.1. The summed E-state index contributed by atoms with van der Waals surface area (Å²) in [6, 6.07) is 8.35. The van der Waals surface area contributed by atoms with Crippen LogP contribution in [0.4, 0.5) is 0 Å². The van der Waals surface area contributed by atoms with E-state index in [1.54, 1.807) is 11.8 Å². The third kappa shape index (κ3) is 5.90. The first kappa shape index (κ1) is 17.7. The highest BCUT2D eigenvalue weighted by Crippen LogP contribution is 2.19. The largest absolute Gasteiger partial charge is 0.396 e. The van der Waals surface area contributed by atoms with Gasteiger partial charge in [-0.3, -0.25) is 4.99 Å². The number of benzene rings is 1. The van der Waals surface area contributed by atoms with E-state index < -0.39 is 0 Å². The van der Waals surface area contributed by atoms with E-state index in [4.69, 9.17) is 10.1 Å². The Bertz CT molecular complexity index is 527. The zero-order valence-corrected chi connectivity index (χ0v) is 14.2. The van der Waals surface area contributed by atoms with Gasteiger partial charge in [-0.15, -0.1) is 11.8 Å². The second-order valence-corrected chi connectivity index (χ2v) is 5.98. The van der Waals surface area contributed by atoms with Crippen LogP contribution in [0, 0.1) is 0 Å². The number of aliphatic hydroxyl groups is 1. The lowest BCUT2D eigenvalue weighted by Gasteiger charge is -2.06. The molecule has 21 heavy (non-hydrogen) atoms. The molecule has 0 aliphatic heterocycles. The van der Waals surface area contributed by atoms with Gasteiger partial charge in [0.25, 0.3) is 0 Å². The molecule has 1 aromatic rings. The monoisotopic (exact) mass is 303 g/mol. The van der Waals surface area contributed by atoms with Gasteiger partial charge in [0.1, 0.15) is 0 Å². The molecule has 0 aliphatic rings. The van der Waals surface area contributed by atoms with E-state index in [-0.39, 0.29) is 6.61 Å². The van der Waals surface area contributed by atoms with Crippen molar-refractivity contribution in [2.24, 2.45) is 4.99 Å². The molecule has 0 unspecified atom stereocenters. The molecular weight excluding hydrogens is 278 g/mol. The Balaban J connectivity index is 3.04. The van der Waals surface area contributed by atoms with E-state index in [2.05, 4.69) is 45.0 Å². The smallest absolute Gasteiger partial charge is 0.0701 e. The fraction of sp³-hybridized carbons (Fsp3) is 0.389. The van der Waals surface area contributed by atoms with Gasteiger partial charge in [0, 0.05) is 21.9 Å². The van der Waals surface area contributed by atoms with Crippen molar-refractivity contribution < 1.29 is 5.11 Å². The Hall–Kier alpha value is -1.32. The second kappa shape index (κ2) is 9.59. The summed E-state index contributed by atoms with van der Waals surface area (Å²) in [4.78, 5) is 5.93. The summed E-state index contributed by atoms with van der Waals surface area (Å²) in [5.41, 5.74) is 4.50. The Kier molecular flexibility index (Phi) is 8.09. The Morgan fingerprint density at radius 1 is 1.24 bits per heavy atom. The predicted octanol–water partition coefficient (Wildman–Crippen LogP) is 4.84.